The minimum Gasteiger partial charge on any atom is -0.327 e. The molecule has 0 fully saturated rings. The van der Waals surface area contributed by atoms with E-state index >= 15 is 0 Å². The molecule has 0 spiro atoms. The first-order valence-corrected chi connectivity index (χ1v) is 2.56. The van der Waals surface area contributed by atoms with Crippen molar-refractivity contribution in [3.8, 4) is 0 Å². The maximum atomic E-state index is 5.48. The predicted octanol–water partition coefficient (Wildman–Crippen LogP) is 1.16. The smallest absolute Gasteiger partial charge is 0.00706 e. The Morgan fingerprint density at radius 3 is 2.00 bits per heavy atom. The lowest BCUT2D eigenvalue weighted by atomic mass is 10.1. The van der Waals surface area contributed by atoms with E-state index in [2.05, 4.69) is 13.5 Å². The Balaban J connectivity index is 3.33. The normalized spacial score (nSPS) is 18.1. The Hall–Kier alpha value is -0.300. The fourth-order valence-corrected chi connectivity index (χ4v) is 0.215. The van der Waals surface area contributed by atoms with Crippen LogP contribution >= 0.6 is 0 Å². The first-order valence-electron chi connectivity index (χ1n) is 2.56. The van der Waals surface area contributed by atoms with Gasteiger partial charge in [0.1, 0.15) is 0 Å². The minimum atomic E-state index is 0.248. The van der Waals surface area contributed by atoms with E-state index in [0.29, 0.717) is 5.92 Å². The van der Waals surface area contributed by atoms with E-state index in [9.17, 15) is 0 Å². The second kappa shape index (κ2) is 2.80. The van der Waals surface area contributed by atoms with Crippen molar-refractivity contribution >= 4 is 0 Å². The molecule has 0 saturated heterocycles. The van der Waals surface area contributed by atoms with Gasteiger partial charge in [0.2, 0.25) is 0 Å². The van der Waals surface area contributed by atoms with Crippen LogP contribution in [0.25, 0.3) is 0 Å². The van der Waals surface area contributed by atoms with Crippen LogP contribution in [0.2, 0.25) is 0 Å². The highest BCUT2D eigenvalue weighted by atomic mass is 14.6. The highest BCUT2D eigenvalue weighted by molar-refractivity contribution is 4.80. The van der Waals surface area contributed by atoms with Crippen molar-refractivity contribution in [2.24, 2.45) is 11.7 Å². The molecule has 2 atom stereocenters. The maximum absolute atomic E-state index is 5.48. The Kier molecular flexibility index (Phi) is 2.68. The number of hydrogen-bond donors (Lipinski definition) is 1. The van der Waals surface area contributed by atoms with Gasteiger partial charge in [-0.15, -0.1) is 6.58 Å². The van der Waals surface area contributed by atoms with Gasteiger partial charge in [0, 0.05) is 6.04 Å². The molecule has 0 heterocycles. The lowest BCUT2D eigenvalue weighted by Gasteiger charge is -2.07. The molecular weight excluding hydrogens is 86.1 g/mol. The Morgan fingerprint density at radius 2 is 2.00 bits per heavy atom. The molecule has 0 bridgehead atoms. The summed E-state index contributed by atoms with van der Waals surface area (Å²) in [7, 11) is 0. The van der Waals surface area contributed by atoms with Gasteiger partial charge in [-0.05, 0) is 12.8 Å². The molecule has 2 unspecified atom stereocenters. The fourth-order valence-electron chi connectivity index (χ4n) is 0.215. The number of rotatable bonds is 2. The van der Waals surface area contributed by atoms with Crippen LogP contribution in [-0.4, -0.2) is 6.04 Å². The number of hydrogen-bond acceptors (Lipinski definition) is 1. The Morgan fingerprint density at radius 1 is 1.57 bits per heavy atom. The summed E-state index contributed by atoms with van der Waals surface area (Å²) in [6.45, 7) is 7.63. The third-order valence-corrected chi connectivity index (χ3v) is 1.20. The van der Waals surface area contributed by atoms with E-state index in [1.165, 1.54) is 0 Å². The first kappa shape index (κ1) is 6.70. The van der Waals surface area contributed by atoms with Gasteiger partial charge in [-0.3, -0.25) is 0 Å². The second-order valence-electron chi connectivity index (χ2n) is 1.95. The van der Waals surface area contributed by atoms with Crippen molar-refractivity contribution in [2.45, 2.75) is 19.9 Å². The summed E-state index contributed by atoms with van der Waals surface area (Å²) < 4.78 is 0. The predicted molar refractivity (Wildman–Crippen MR) is 33.0 cm³/mol. The quantitative estimate of drug-likeness (QED) is 0.516. The van der Waals surface area contributed by atoms with Gasteiger partial charge >= 0.3 is 0 Å². The van der Waals surface area contributed by atoms with E-state index in [1.807, 2.05) is 13.0 Å². The van der Waals surface area contributed by atoms with Gasteiger partial charge in [-0.1, -0.05) is 13.0 Å². The van der Waals surface area contributed by atoms with Crippen molar-refractivity contribution in [1.82, 2.24) is 0 Å². The summed E-state index contributed by atoms with van der Waals surface area (Å²) >= 11 is 0. The third-order valence-electron chi connectivity index (χ3n) is 1.20. The van der Waals surface area contributed by atoms with Gasteiger partial charge < -0.3 is 5.73 Å². The molecule has 0 aromatic rings. The molecule has 0 radical (unpaired) electrons. The molecule has 0 amide bonds. The van der Waals surface area contributed by atoms with Crippen molar-refractivity contribution < 1.29 is 0 Å². The van der Waals surface area contributed by atoms with E-state index in [0.717, 1.165) is 0 Å². The summed E-state index contributed by atoms with van der Waals surface area (Å²) in [6.07, 6.45) is 1.87. The summed E-state index contributed by atoms with van der Waals surface area (Å²) in [5.41, 5.74) is 5.48. The largest absolute Gasteiger partial charge is 0.327 e. The summed E-state index contributed by atoms with van der Waals surface area (Å²) in [4.78, 5) is 0. The lowest BCUT2D eigenvalue weighted by molar-refractivity contribution is 0.583. The molecule has 7 heavy (non-hydrogen) atoms. The van der Waals surface area contributed by atoms with Gasteiger partial charge in [0.05, 0.1) is 0 Å². The highest BCUT2D eigenvalue weighted by Gasteiger charge is 1.98. The first-order chi connectivity index (χ1) is 3.18. The highest BCUT2D eigenvalue weighted by Crippen LogP contribution is 1.97. The lowest BCUT2D eigenvalue weighted by Crippen LogP contribution is -2.22. The van der Waals surface area contributed by atoms with Crippen LogP contribution < -0.4 is 5.73 Å². The molecule has 0 aromatic heterocycles. The van der Waals surface area contributed by atoms with E-state index in [1.54, 1.807) is 0 Å². The average Bonchev–Trinajstić information content (AvgIpc) is 1.65. The molecule has 1 heteroatoms. The van der Waals surface area contributed by atoms with Crippen LogP contribution in [0, 0.1) is 5.92 Å². The van der Waals surface area contributed by atoms with Gasteiger partial charge in [0.15, 0.2) is 0 Å². The van der Waals surface area contributed by atoms with Gasteiger partial charge in [0.25, 0.3) is 0 Å². The summed E-state index contributed by atoms with van der Waals surface area (Å²) in [5, 5.41) is 0. The molecular formula is C6H13N. The monoisotopic (exact) mass is 99.1 g/mol. The Labute approximate surface area is 45.2 Å². The van der Waals surface area contributed by atoms with Crippen molar-refractivity contribution in [3.05, 3.63) is 12.7 Å². The zero-order chi connectivity index (χ0) is 5.86. The summed E-state index contributed by atoms with van der Waals surface area (Å²) in [6, 6.07) is 0.248. The topological polar surface area (TPSA) is 26.0 Å². The molecule has 0 saturated carbocycles. The molecule has 42 valence electrons. The van der Waals surface area contributed by atoms with Gasteiger partial charge in [-0.2, -0.15) is 0 Å². The Bertz CT molecular complexity index is 57.2. The average molecular weight is 99.2 g/mol. The van der Waals surface area contributed by atoms with Crippen LogP contribution in [0.15, 0.2) is 12.7 Å². The van der Waals surface area contributed by atoms with Crippen LogP contribution in [0.4, 0.5) is 0 Å². The molecule has 0 rings (SSSR count). The maximum Gasteiger partial charge on any atom is 0.00706 e. The molecule has 0 aliphatic rings. The van der Waals surface area contributed by atoms with Crippen LogP contribution in [-0.2, 0) is 0 Å². The van der Waals surface area contributed by atoms with Crippen molar-refractivity contribution in [1.29, 1.82) is 0 Å². The fraction of sp³-hybridized carbons (Fsp3) is 0.667. The molecule has 1 nitrogen and oxygen atoms in total. The van der Waals surface area contributed by atoms with Gasteiger partial charge in [-0.25, -0.2) is 0 Å². The third kappa shape index (κ3) is 2.40. The van der Waals surface area contributed by atoms with Crippen molar-refractivity contribution in [3.63, 3.8) is 0 Å². The molecule has 2 N–H and O–H groups in total. The minimum absolute atomic E-state index is 0.248. The van der Waals surface area contributed by atoms with Crippen LogP contribution in [0.5, 0.6) is 0 Å². The second-order valence-corrected chi connectivity index (χ2v) is 1.95. The van der Waals surface area contributed by atoms with E-state index in [4.69, 9.17) is 5.73 Å². The standard InChI is InChI=1S/C6H13N/c1-4-5(2)6(3)7/h4-6H,1,7H2,2-3H3. The number of nitrogens with two attached hydrogens (primary N) is 1. The van der Waals surface area contributed by atoms with E-state index < -0.39 is 0 Å². The van der Waals surface area contributed by atoms with Crippen LogP contribution in [0.1, 0.15) is 13.8 Å². The van der Waals surface area contributed by atoms with E-state index in [-0.39, 0.29) is 6.04 Å². The zero-order valence-corrected chi connectivity index (χ0v) is 5.02. The zero-order valence-electron chi connectivity index (χ0n) is 5.02. The van der Waals surface area contributed by atoms with Crippen molar-refractivity contribution in [2.75, 3.05) is 0 Å². The SMILES string of the molecule is C=CC(C)C(C)N. The summed E-state index contributed by atoms with van der Waals surface area (Å²) in [5.74, 6) is 0.444. The van der Waals surface area contributed by atoms with Crippen LogP contribution in [0.3, 0.4) is 0 Å². The molecule has 0 aliphatic carbocycles. The molecule has 0 aromatic carbocycles. The molecule has 0 aliphatic heterocycles.